The van der Waals surface area contributed by atoms with Crippen LogP contribution in [0.2, 0.25) is 0 Å². The van der Waals surface area contributed by atoms with Gasteiger partial charge in [0, 0.05) is 41.8 Å². The maximum atomic E-state index is 12.3. The number of nitrogens with zero attached hydrogens (tertiary/aromatic N) is 1. The van der Waals surface area contributed by atoms with E-state index in [4.69, 9.17) is 0 Å². The third-order valence-corrected chi connectivity index (χ3v) is 5.81. The zero-order chi connectivity index (χ0) is 14.2. The summed E-state index contributed by atoms with van der Waals surface area (Å²) in [6.07, 6.45) is 2.72. The Labute approximate surface area is 128 Å². The topological polar surface area (TPSA) is 54.0 Å². The second-order valence-electron chi connectivity index (χ2n) is 4.60. The number of anilines is 1. The monoisotopic (exact) mass is 311 g/mol. The Bertz CT molecular complexity index is 436. The number of pyridine rings is 1. The molecule has 1 saturated heterocycles. The molecule has 110 valence electrons. The summed E-state index contributed by atoms with van der Waals surface area (Å²) in [5.74, 6) is 4.17. The summed E-state index contributed by atoms with van der Waals surface area (Å²) in [7, 11) is 0. The van der Waals surface area contributed by atoms with Crippen molar-refractivity contribution in [1.29, 1.82) is 0 Å². The van der Waals surface area contributed by atoms with Crippen molar-refractivity contribution >= 4 is 35.2 Å². The van der Waals surface area contributed by atoms with Crippen LogP contribution in [0.25, 0.3) is 0 Å². The number of hydrogen-bond donors (Lipinski definition) is 2. The number of carbonyl (C=O) groups excluding carboxylic acids is 1. The molecule has 0 saturated carbocycles. The van der Waals surface area contributed by atoms with Gasteiger partial charge in [0.1, 0.15) is 5.82 Å². The van der Waals surface area contributed by atoms with Crippen LogP contribution in [0.15, 0.2) is 18.3 Å². The van der Waals surface area contributed by atoms with Crippen LogP contribution in [0.3, 0.4) is 0 Å². The van der Waals surface area contributed by atoms with Gasteiger partial charge < -0.3 is 10.6 Å². The molecule has 1 amide bonds. The lowest BCUT2D eigenvalue weighted by atomic mass is 10.2. The highest BCUT2D eigenvalue weighted by Gasteiger charge is 2.17. The molecular formula is C14H21N3OS2. The fourth-order valence-electron chi connectivity index (χ4n) is 1.93. The van der Waals surface area contributed by atoms with Gasteiger partial charge in [0.2, 0.25) is 0 Å². The van der Waals surface area contributed by atoms with Crippen molar-refractivity contribution in [1.82, 2.24) is 10.3 Å². The van der Waals surface area contributed by atoms with E-state index >= 15 is 0 Å². The molecule has 4 nitrogen and oxygen atoms in total. The molecule has 1 aromatic heterocycles. The summed E-state index contributed by atoms with van der Waals surface area (Å²) in [6, 6.07) is 3.63. The van der Waals surface area contributed by atoms with Gasteiger partial charge in [0.05, 0.1) is 5.56 Å². The first-order valence-corrected chi connectivity index (χ1v) is 9.18. The Hall–Kier alpha value is -0.880. The van der Waals surface area contributed by atoms with Crippen molar-refractivity contribution in [3.63, 3.8) is 0 Å². The molecule has 20 heavy (non-hydrogen) atoms. The normalized spacial score (nSPS) is 18.6. The van der Waals surface area contributed by atoms with E-state index in [0.29, 0.717) is 16.6 Å². The minimum atomic E-state index is -0.0344. The Balaban J connectivity index is 1.90. The second kappa shape index (κ2) is 8.42. The molecule has 1 atom stereocenters. The lowest BCUT2D eigenvalue weighted by Gasteiger charge is -2.21. The number of aromatic nitrogens is 1. The van der Waals surface area contributed by atoms with Crippen LogP contribution in [-0.2, 0) is 0 Å². The van der Waals surface area contributed by atoms with Crippen LogP contribution in [0.4, 0.5) is 5.82 Å². The Kier molecular flexibility index (Phi) is 6.53. The summed E-state index contributed by atoms with van der Waals surface area (Å²) < 4.78 is 0. The fraction of sp³-hybridized carbons (Fsp3) is 0.571. The van der Waals surface area contributed by atoms with Crippen molar-refractivity contribution in [2.75, 3.05) is 35.7 Å². The van der Waals surface area contributed by atoms with E-state index in [1.807, 2.05) is 29.6 Å². The highest BCUT2D eigenvalue weighted by molar-refractivity contribution is 8.06. The van der Waals surface area contributed by atoms with Gasteiger partial charge >= 0.3 is 0 Å². The third kappa shape index (κ3) is 4.59. The molecule has 2 rings (SSSR count). The van der Waals surface area contributed by atoms with Crippen molar-refractivity contribution in [2.45, 2.75) is 18.6 Å². The molecule has 1 aliphatic heterocycles. The lowest BCUT2D eigenvalue weighted by Crippen LogP contribution is -2.33. The van der Waals surface area contributed by atoms with Gasteiger partial charge in [-0.1, -0.05) is 6.92 Å². The highest BCUT2D eigenvalue weighted by atomic mass is 32.2. The van der Waals surface area contributed by atoms with Gasteiger partial charge in [-0.3, -0.25) is 4.79 Å². The standard InChI is InChI=1S/C14H21N3OS2/c1-2-5-15-13-12(4-3-6-16-13)14(18)17-9-11-10-19-7-8-20-11/h3-4,6,11H,2,5,7-10H2,1H3,(H,15,16)(H,17,18). The Morgan fingerprint density at radius 3 is 3.15 bits per heavy atom. The van der Waals surface area contributed by atoms with Crippen LogP contribution in [0.5, 0.6) is 0 Å². The molecule has 0 spiro atoms. The van der Waals surface area contributed by atoms with Crippen molar-refractivity contribution in [3.05, 3.63) is 23.9 Å². The van der Waals surface area contributed by atoms with Crippen LogP contribution in [0.1, 0.15) is 23.7 Å². The average Bonchev–Trinajstić information content (AvgIpc) is 2.52. The quantitative estimate of drug-likeness (QED) is 0.845. The molecule has 2 N–H and O–H groups in total. The molecule has 1 aromatic rings. The third-order valence-electron chi connectivity index (χ3n) is 2.97. The van der Waals surface area contributed by atoms with E-state index in [0.717, 1.165) is 25.3 Å². The van der Waals surface area contributed by atoms with E-state index in [1.165, 1.54) is 11.5 Å². The second-order valence-corrected chi connectivity index (χ2v) is 7.16. The van der Waals surface area contributed by atoms with Gasteiger partial charge in [-0.25, -0.2) is 4.98 Å². The van der Waals surface area contributed by atoms with Crippen molar-refractivity contribution in [3.8, 4) is 0 Å². The maximum Gasteiger partial charge on any atom is 0.255 e. The minimum absolute atomic E-state index is 0.0344. The number of amides is 1. The van der Waals surface area contributed by atoms with Gasteiger partial charge in [0.25, 0.3) is 5.91 Å². The molecule has 2 heterocycles. The van der Waals surface area contributed by atoms with Crippen LogP contribution in [0, 0.1) is 0 Å². The largest absolute Gasteiger partial charge is 0.369 e. The predicted octanol–water partition coefficient (Wildman–Crippen LogP) is 2.48. The SMILES string of the molecule is CCCNc1ncccc1C(=O)NCC1CSCCS1. The van der Waals surface area contributed by atoms with Crippen LogP contribution >= 0.6 is 23.5 Å². The van der Waals surface area contributed by atoms with Crippen molar-refractivity contribution in [2.24, 2.45) is 0 Å². The van der Waals surface area contributed by atoms with Gasteiger partial charge in [-0.2, -0.15) is 23.5 Å². The molecule has 6 heteroatoms. The van der Waals surface area contributed by atoms with Crippen molar-refractivity contribution < 1.29 is 4.79 Å². The number of rotatable bonds is 6. The number of nitrogens with one attached hydrogen (secondary N) is 2. The van der Waals surface area contributed by atoms with E-state index < -0.39 is 0 Å². The first-order chi connectivity index (χ1) is 9.81. The Morgan fingerprint density at radius 2 is 2.40 bits per heavy atom. The first-order valence-electron chi connectivity index (χ1n) is 6.97. The van der Waals surface area contributed by atoms with E-state index in [9.17, 15) is 4.79 Å². The summed E-state index contributed by atoms with van der Waals surface area (Å²) in [5, 5.41) is 6.76. The first kappa shape index (κ1) is 15.5. The fourth-order valence-corrected chi connectivity index (χ4v) is 4.54. The van der Waals surface area contributed by atoms with Gasteiger partial charge in [-0.05, 0) is 18.6 Å². The van der Waals surface area contributed by atoms with E-state index in [1.54, 1.807) is 12.3 Å². The molecule has 0 aromatic carbocycles. The van der Waals surface area contributed by atoms with E-state index in [2.05, 4.69) is 22.5 Å². The number of carbonyl (C=O) groups is 1. The summed E-state index contributed by atoms with van der Waals surface area (Å²) in [5.41, 5.74) is 0.634. The average molecular weight is 311 g/mol. The molecule has 1 aliphatic rings. The van der Waals surface area contributed by atoms with Crippen LogP contribution < -0.4 is 10.6 Å². The maximum absolute atomic E-state index is 12.3. The molecule has 0 bridgehead atoms. The number of thioether (sulfide) groups is 2. The van der Waals surface area contributed by atoms with E-state index in [-0.39, 0.29) is 5.91 Å². The highest BCUT2D eigenvalue weighted by Crippen LogP contribution is 2.23. The number of hydrogen-bond acceptors (Lipinski definition) is 5. The molecule has 0 radical (unpaired) electrons. The molecule has 0 aliphatic carbocycles. The predicted molar refractivity (Wildman–Crippen MR) is 88.9 cm³/mol. The zero-order valence-corrected chi connectivity index (χ0v) is 13.4. The molecular weight excluding hydrogens is 290 g/mol. The van der Waals surface area contributed by atoms with Gasteiger partial charge in [0.15, 0.2) is 0 Å². The lowest BCUT2D eigenvalue weighted by molar-refractivity contribution is 0.0954. The van der Waals surface area contributed by atoms with Crippen LogP contribution in [-0.4, -0.2) is 46.5 Å². The summed E-state index contributed by atoms with van der Waals surface area (Å²) in [6.45, 7) is 3.65. The smallest absolute Gasteiger partial charge is 0.255 e. The van der Waals surface area contributed by atoms with Gasteiger partial charge in [-0.15, -0.1) is 0 Å². The zero-order valence-electron chi connectivity index (χ0n) is 11.7. The summed E-state index contributed by atoms with van der Waals surface area (Å²) >= 11 is 3.92. The Morgan fingerprint density at radius 1 is 1.50 bits per heavy atom. The minimum Gasteiger partial charge on any atom is -0.369 e. The summed E-state index contributed by atoms with van der Waals surface area (Å²) in [4.78, 5) is 16.5. The molecule has 1 unspecified atom stereocenters. The molecule has 1 fully saturated rings.